The van der Waals surface area contributed by atoms with E-state index in [0.29, 0.717) is 17.5 Å². The Bertz CT molecular complexity index is 3150. The van der Waals surface area contributed by atoms with E-state index in [2.05, 4.69) is 142 Å². The number of hydrogen-bond donors (Lipinski definition) is 0. The average molecular weight is 717 g/mol. The summed E-state index contributed by atoms with van der Waals surface area (Å²) in [5.41, 5.74) is 15.6. The molecular formula is C45H32B5N3OS. The van der Waals surface area contributed by atoms with Crippen molar-refractivity contribution in [2.45, 2.75) is 0 Å². The van der Waals surface area contributed by atoms with Gasteiger partial charge in [-0.05, 0) is 29.3 Å². The number of nitrogens with zero attached hydrogens (tertiary/aromatic N) is 3. The molecule has 55 heavy (non-hydrogen) atoms. The van der Waals surface area contributed by atoms with Crippen LogP contribution in [0.5, 0.6) is 0 Å². The zero-order valence-electron chi connectivity index (χ0n) is 31.4. The maximum Gasteiger partial charge on any atom is 0.167 e. The van der Waals surface area contributed by atoms with Crippen LogP contribution in [-0.4, -0.2) is 54.2 Å². The molecule has 10 rings (SSSR count). The number of furan rings is 1. The second-order valence-corrected chi connectivity index (χ2v) is 15.6. The maximum absolute atomic E-state index is 6.98. The fourth-order valence-corrected chi connectivity index (χ4v) is 9.49. The summed E-state index contributed by atoms with van der Waals surface area (Å²) in [7, 11) is 11.1. The van der Waals surface area contributed by atoms with E-state index in [0.717, 1.165) is 49.8 Å². The van der Waals surface area contributed by atoms with Crippen molar-refractivity contribution in [2.24, 2.45) is 0 Å². The van der Waals surface area contributed by atoms with Crippen LogP contribution in [0.25, 0.3) is 98.5 Å². The lowest BCUT2D eigenvalue weighted by Crippen LogP contribution is -2.55. The van der Waals surface area contributed by atoms with Gasteiger partial charge in [-0.15, -0.1) is 27.7 Å². The van der Waals surface area contributed by atoms with Crippen LogP contribution in [0.4, 0.5) is 0 Å². The minimum absolute atomic E-state index is 0.571. The van der Waals surface area contributed by atoms with Crippen LogP contribution in [-0.2, 0) is 0 Å². The van der Waals surface area contributed by atoms with Crippen LogP contribution in [0.15, 0.2) is 138 Å². The van der Waals surface area contributed by atoms with Crippen LogP contribution in [0.2, 0.25) is 0 Å². The molecule has 254 valence electrons. The van der Waals surface area contributed by atoms with E-state index in [1.165, 1.54) is 58.6 Å². The Kier molecular flexibility index (Phi) is 7.93. The van der Waals surface area contributed by atoms with E-state index < -0.39 is 0 Å². The summed E-state index contributed by atoms with van der Waals surface area (Å²) in [6.45, 7) is 0. The Hall–Kier alpha value is -6.11. The second-order valence-electron chi connectivity index (χ2n) is 14.5. The molecule has 0 fully saturated rings. The van der Waals surface area contributed by atoms with Gasteiger partial charge in [-0.3, -0.25) is 0 Å². The maximum atomic E-state index is 6.98. The lowest BCUT2D eigenvalue weighted by atomic mass is 9.59. The molecule has 0 amide bonds. The Morgan fingerprint density at radius 2 is 0.909 bits per heavy atom. The number of fused-ring (bicyclic) bond motifs is 6. The first-order valence-corrected chi connectivity index (χ1v) is 19.5. The van der Waals surface area contributed by atoms with Crippen molar-refractivity contribution in [2.75, 3.05) is 0 Å². The molecule has 3 aromatic heterocycles. The predicted molar refractivity (Wildman–Crippen MR) is 248 cm³/mol. The smallest absolute Gasteiger partial charge is 0.167 e. The number of rotatable bonds is 5. The Balaban J connectivity index is 1.17. The molecule has 0 radical (unpaired) electrons. The highest BCUT2D eigenvalue weighted by Crippen LogP contribution is 2.44. The first-order chi connectivity index (χ1) is 26.9. The van der Waals surface area contributed by atoms with Crippen molar-refractivity contribution in [1.29, 1.82) is 0 Å². The highest BCUT2D eigenvalue weighted by Gasteiger charge is 2.21. The van der Waals surface area contributed by atoms with Crippen LogP contribution >= 0.6 is 11.3 Å². The molecule has 10 aromatic rings. The van der Waals surface area contributed by atoms with Gasteiger partial charge in [-0.2, -0.15) is 0 Å². The molecular weight excluding hydrogens is 685 g/mol. The minimum Gasteiger partial charge on any atom is -0.455 e. The molecule has 0 aliphatic carbocycles. The third-order valence-electron chi connectivity index (χ3n) is 11.5. The van der Waals surface area contributed by atoms with E-state index in [-0.39, 0.29) is 0 Å². The van der Waals surface area contributed by atoms with Gasteiger partial charge < -0.3 is 4.42 Å². The number of thiophene rings is 1. The van der Waals surface area contributed by atoms with E-state index >= 15 is 0 Å². The fraction of sp³-hybridized carbons (Fsp3) is 0. The molecule has 0 N–H and O–H groups in total. The third-order valence-corrected chi connectivity index (χ3v) is 12.8. The molecule has 0 saturated heterocycles. The van der Waals surface area contributed by atoms with Crippen molar-refractivity contribution in [1.82, 2.24) is 15.0 Å². The number of benzene rings is 7. The molecule has 0 unspecified atom stereocenters. The molecule has 0 aliphatic rings. The summed E-state index contributed by atoms with van der Waals surface area (Å²) in [4.78, 5) is 15.4. The quantitative estimate of drug-likeness (QED) is 0.255. The Morgan fingerprint density at radius 3 is 1.65 bits per heavy atom. The predicted octanol–water partition coefficient (Wildman–Crippen LogP) is 3.77. The highest BCUT2D eigenvalue weighted by atomic mass is 32.1. The SMILES string of the molecule is Bc1c(B)c(B)c(-c2cccc(-c3nc(-c4ccccc4)nc(-c4cccc5c4oc4c(-c6cccc7c6sc6ccccc67)cccc45)n3)c2)c(B)c1B. The van der Waals surface area contributed by atoms with Gasteiger partial charge in [-0.25, -0.2) is 15.0 Å². The van der Waals surface area contributed by atoms with E-state index in [1.54, 1.807) is 0 Å². The highest BCUT2D eigenvalue weighted by molar-refractivity contribution is 7.26. The van der Waals surface area contributed by atoms with Crippen LogP contribution < -0.4 is 27.3 Å². The van der Waals surface area contributed by atoms with Gasteiger partial charge in [-0.1, -0.05) is 126 Å². The van der Waals surface area contributed by atoms with Crippen molar-refractivity contribution >= 4 is 120 Å². The van der Waals surface area contributed by atoms with Crippen molar-refractivity contribution in [3.05, 3.63) is 133 Å². The first-order valence-electron chi connectivity index (χ1n) is 18.7. The summed E-state index contributed by atoms with van der Waals surface area (Å²) in [5, 5.41) is 4.63. The molecule has 0 aliphatic heterocycles. The van der Waals surface area contributed by atoms with Gasteiger partial charge >= 0.3 is 0 Å². The average Bonchev–Trinajstić information content (AvgIpc) is 3.82. The number of hydrogen-bond acceptors (Lipinski definition) is 5. The van der Waals surface area contributed by atoms with Crippen molar-refractivity contribution in [3.63, 3.8) is 0 Å². The van der Waals surface area contributed by atoms with Gasteiger partial charge in [0.05, 0.1) is 5.56 Å². The molecule has 0 saturated carbocycles. The fourth-order valence-electron chi connectivity index (χ4n) is 8.26. The summed E-state index contributed by atoms with van der Waals surface area (Å²) in [6.07, 6.45) is 0. The van der Waals surface area contributed by atoms with Gasteiger partial charge in [0.2, 0.25) is 0 Å². The van der Waals surface area contributed by atoms with Crippen LogP contribution in [0.3, 0.4) is 0 Å². The second kappa shape index (κ2) is 13.0. The molecule has 7 aromatic carbocycles. The zero-order chi connectivity index (χ0) is 37.4. The molecule has 3 heterocycles. The van der Waals surface area contributed by atoms with Crippen molar-refractivity contribution in [3.8, 4) is 56.4 Å². The van der Waals surface area contributed by atoms with Gasteiger partial charge in [0.1, 0.15) is 50.4 Å². The van der Waals surface area contributed by atoms with E-state index in [1.807, 2.05) is 41.7 Å². The van der Waals surface area contributed by atoms with Crippen molar-refractivity contribution < 1.29 is 4.42 Å². The normalized spacial score (nSPS) is 11.6. The van der Waals surface area contributed by atoms with Gasteiger partial charge in [0, 0.05) is 53.2 Å². The van der Waals surface area contributed by atoms with E-state index in [4.69, 9.17) is 19.4 Å². The van der Waals surface area contributed by atoms with Crippen LogP contribution in [0.1, 0.15) is 0 Å². The molecule has 10 heteroatoms. The van der Waals surface area contributed by atoms with Crippen LogP contribution in [0, 0.1) is 0 Å². The Morgan fingerprint density at radius 1 is 0.400 bits per heavy atom. The zero-order valence-corrected chi connectivity index (χ0v) is 32.2. The molecule has 0 spiro atoms. The first kappa shape index (κ1) is 33.5. The lowest BCUT2D eigenvalue weighted by Gasteiger charge is -2.20. The standard InChI is InChI=1S/C45H32B5N3OS/c46-35-34(36(47)38(49)39(50)37(35)48)24-12-6-13-25(22-24)44-51-43(23-10-2-1-3-11-23)52-45(53-44)32-20-8-16-28-27-15-7-17-29(40(27)54-41(28)32)31-19-9-18-30-26-14-4-5-21-33(26)55-42(30)31/h1-22H,46-50H2. The number of para-hydroxylation sites is 2. The monoisotopic (exact) mass is 717 g/mol. The molecule has 0 atom stereocenters. The Labute approximate surface area is 327 Å². The van der Waals surface area contributed by atoms with E-state index in [9.17, 15) is 0 Å². The van der Waals surface area contributed by atoms with Gasteiger partial charge in [0.25, 0.3) is 0 Å². The number of aromatic nitrogens is 3. The largest absolute Gasteiger partial charge is 0.455 e. The minimum atomic E-state index is 0.571. The summed E-state index contributed by atoms with van der Waals surface area (Å²) in [6, 6.07) is 46.7. The topological polar surface area (TPSA) is 51.8 Å². The summed E-state index contributed by atoms with van der Waals surface area (Å²) < 4.78 is 9.52. The lowest BCUT2D eigenvalue weighted by molar-refractivity contribution is 0.670. The summed E-state index contributed by atoms with van der Waals surface area (Å²) >= 11 is 1.83. The third kappa shape index (κ3) is 5.38. The molecule has 0 bridgehead atoms. The van der Waals surface area contributed by atoms with Gasteiger partial charge in [0.15, 0.2) is 17.5 Å². The molecule has 4 nitrogen and oxygen atoms in total. The summed E-state index contributed by atoms with van der Waals surface area (Å²) in [5.74, 6) is 1.80.